The molecule has 104 valence electrons. The third-order valence-corrected chi connectivity index (χ3v) is 2.67. The van der Waals surface area contributed by atoms with E-state index in [4.69, 9.17) is 9.84 Å². The van der Waals surface area contributed by atoms with Crippen molar-refractivity contribution in [2.24, 2.45) is 5.92 Å². The molecule has 1 unspecified atom stereocenters. The van der Waals surface area contributed by atoms with Gasteiger partial charge in [-0.1, -0.05) is 13.8 Å². The van der Waals surface area contributed by atoms with Crippen molar-refractivity contribution >= 4 is 11.9 Å². The van der Waals surface area contributed by atoms with Crippen molar-refractivity contribution in [3.8, 4) is 11.5 Å². The Balaban J connectivity index is 2.91. The lowest BCUT2D eigenvalue weighted by Gasteiger charge is -2.18. The number of nitrogens with one attached hydrogen (secondary N) is 1. The molecule has 1 rings (SSSR count). The minimum Gasteiger partial charge on any atom is -0.507 e. The number of carbonyl (C=O) groups excluding carboxylic acids is 1. The van der Waals surface area contributed by atoms with Crippen LogP contribution in [0.4, 0.5) is 0 Å². The van der Waals surface area contributed by atoms with Gasteiger partial charge in [0.1, 0.15) is 17.5 Å². The van der Waals surface area contributed by atoms with Crippen molar-refractivity contribution in [1.82, 2.24) is 5.32 Å². The highest BCUT2D eigenvalue weighted by molar-refractivity contribution is 5.99. The largest absolute Gasteiger partial charge is 0.507 e. The number of hydrogen-bond donors (Lipinski definition) is 3. The van der Waals surface area contributed by atoms with Crippen molar-refractivity contribution in [2.75, 3.05) is 7.11 Å². The van der Waals surface area contributed by atoms with E-state index in [1.807, 2.05) is 0 Å². The number of aliphatic carboxylic acids is 1. The zero-order valence-corrected chi connectivity index (χ0v) is 11.0. The number of carboxylic acid groups (broad SMARTS) is 1. The summed E-state index contributed by atoms with van der Waals surface area (Å²) < 4.78 is 4.90. The molecule has 6 nitrogen and oxygen atoms in total. The highest BCUT2D eigenvalue weighted by atomic mass is 16.5. The number of aromatic hydroxyl groups is 1. The van der Waals surface area contributed by atoms with Crippen LogP contribution in [0.1, 0.15) is 24.2 Å². The second-order valence-electron chi connectivity index (χ2n) is 4.42. The van der Waals surface area contributed by atoms with E-state index >= 15 is 0 Å². The van der Waals surface area contributed by atoms with Crippen LogP contribution >= 0.6 is 0 Å². The molecule has 3 N–H and O–H groups in total. The van der Waals surface area contributed by atoms with Gasteiger partial charge in [0, 0.05) is 6.07 Å². The number of carboxylic acids is 1. The van der Waals surface area contributed by atoms with Gasteiger partial charge < -0.3 is 20.3 Å². The topological polar surface area (TPSA) is 95.9 Å². The summed E-state index contributed by atoms with van der Waals surface area (Å²) in [6.45, 7) is 3.37. The first-order valence-electron chi connectivity index (χ1n) is 5.77. The number of hydrogen-bond acceptors (Lipinski definition) is 4. The number of ether oxygens (including phenoxy) is 1. The molecule has 0 aliphatic rings. The van der Waals surface area contributed by atoms with Gasteiger partial charge >= 0.3 is 5.97 Å². The summed E-state index contributed by atoms with van der Waals surface area (Å²) in [5.41, 5.74) is 0.00713. The second-order valence-corrected chi connectivity index (χ2v) is 4.42. The van der Waals surface area contributed by atoms with E-state index in [0.717, 1.165) is 0 Å². The molecule has 1 aromatic carbocycles. The van der Waals surface area contributed by atoms with Crippen LogP contribution in [0, 0.1) is 5.92 Å². The minimum atomic E-state index is -1.11. The standard InChI is InChI=1S/C13H17NO5/c1-7(2)11(13(17)18)14-12(16)9-5-4-8(19-3)6-10(9)15/h4-7,11,15H,1-3H3,(H,14,16)(H,17,18). The monoisotopic (exact) mass is 267 g/mol. The molecule has 0 bridgehead atoms. The Morgan fingerprint density at radius 3 is 2.37 bits per heavy atom. The van der Waals surface area contributed by atoms with Crippen LogP contribution in [0.3, 0.4) is 0 Å². The number of phenols is 1. The Morgan fingerprint density at radius 2 is 1.95 bits per heavy atom. The van der Waals surface area contributed by atoms with E-state index in [1.54, 1.807) is 13.8 Å². The minimum absolute atomic E-state index is 0.00713. The summed E-state index contributed by atoms with van der Waals surface area (Å²) >= 11 is 0. The van der Waals surface area contributed by atoms with Gasteiger partial charge in [-0.25, -0.2) is 4.79 Å². The molecular formula is C13H17NO5. The quantitative estimate of drug-likeness (QED) is 0.746. The lowest BCUT2D eigenvalue weighted by molar-refractivity contribution is -0.140. The first kappa shape index (κ1) is 14.8. The third kappa shape index (κ3) is 3.61. The van der Waals surface area contributed by atoms with Gasteiger partial charge in [0.2, 0.25) is 0 Å². The first-order valence-corrected chi connectivity index (χ1v) is 5.77. The van der Waals surface area contributed by atoms with Crippen LogP contribution < -0.4 is 10.1 Å². The zero-order valence-electron chi connectivity index (χ0n) is 11.0. The summed E-state index contributed by atoms with van der Waals surface area (Å²) in [4.78, 5) is 22.9. The molecule has 0 saturated carbocycles. The highest BCUT2D eigenvalue weighted by Crippen LogP contribution is 2.23. The molecule has 0 saturated heterocycles. The smallest absolute Gasteiger partial charge is 0.326 e. The fraction of sp³-hybridized carbons (Fsp3) is 0.385. The average Bonchev–Trinajstić information content (AvgIpc) is 2.34. The number of benzene rings is 1. The van der Waals surface area contributed by atoms with Crippen molar-refractivity contribution in [2.45, 2.75) is 19.9 Å². The van der Waals surface area contributed by atoms with Crippen LogP contribution in [-0.2, 0) is 4.79 Å². The van der Waals surface area contributed by atoms with Crippen LogP contribution in [-0.4, -0.2) is 35.2 Å². The van der Waals surface area contributed by atoms with Crippen molar-refractivity contribution < 1.29 is 24.5 Å². The third-order valence-electron chi connectivity index (χ3n) is 2.67. The molecule has 19 heavy (non-hydrogen) atoms. The Hall–Kier alpha value is -2.24. The fourth-order valence-electron chi connectivity index (χ4n) is 1.56. The number of phenolic OH excluding ortho intramolecular Hbond substituents is 1. The summed E-state index contributed by atoms with van der Waals surface area (Å²) in [5, 5.41) is 21.1. The molecule has 6 heteroatoms. The second kappa shape index (κ2) is 6.08. The van der Waals surface area contributed by atoms with E-state index in [0.29, 0.717) is 5.75 Å². The van der Waals surface area contributed by atoms with Crippen LogP contribution in [0.5, 0.6) is 11.5 Å². The van der Waals surface area contributed by atoms with Crippen LogP contribution in [0.25, 0.3) is 0 Å². The van der Waals surface area contributed by atoms with E-state index < -0.39 is 17.9 Å². The van der Waals surface area contributed by atoms with Gasteiger partial charge in [-0.3, -0.25) is 4.79 Å². The Kier molecular flexibility index (Phi) is 4.74. The van der Waals surface area contributed by atoms with E-state index in [-0.39, 0.29) is 17.2 Å². The molecule has 0 aliphatic carbocycles. The summed E-state index contributed by atoms with van der Waals surface area (Å²) in [5.74, 6) is -1.86. The zero-order chi connectivity index (χ0) is 14.6. The molecule has 0 spiro atoms. The van der Waals surface area contributed by atoms with E-state index in [9.17, 15) is 14.7 Å². The lowest BCUT2D eigenvalue weighted by atomic mass is 10.0. The maximum atomic E-state index is 11.9. The summed E-state index contributed by atoms with van der Waals surface area (Å²) in [7, 11) is 1.44. The number of methoxy groups -OCH3 is 1. The van der Waals surface area contributed by atoms with Gasteiger partial charge in [0.15, 0.2) is 0 Å². The Labute approximate surface area is 111 Å². The maximum Gasteiger partial charge on any atom is 0.326 e. The van der Waals surface area contributed by atoms with Crippen LogP contribution in [0.2, 0.25) is 0 Å². The lowest BCUT2D eigenvalue weighted by Crippen LogP contribution is -2.44. The average molecular weight is 267 g/mol. The van der Waals surface area contributed by atoms with Gasteiger partial charge in [-0.2, -0.15) is 0 Å². The SMILES string of the molecule is COc1ccc(C(=O)NC(C(=O)O)C(C)C)c(O)c1. The van der Waals surface area contributed by atoms with Crippen molar-refractivity contribution in [1.29, 1.82) is 0 Å². The Morgan fingerprint density at radius 1 is 1.32 bits per heavy atom. The maximum absolute atomic E-state index is 11.9. The molecule has 0 heterocycles. The van der Waals surface area contributed by atoms with Gasteiger partial charge in [-0.05, 0) is 18.1 Å². The van der Waals surface area contributed by atoms with Crippen molar-refractivity contribution in [3.05, 3.63) is 23.8 Å². The molecule has 0 aromatic heterocycles. The molecule has 0 fully saturated rings. The highest BCUT2D eigenvalue weighted by Gasteiger charge is 2.25. The van der Waals surface area contributed by atoms with E-state index in [1.165, 1.54) is 25.3 Å². The summed E-state index contributed by atoms with van der Waals surface area (Å²) in [6, 6.07) is 3.18. The molecule has 0 aliphatic heterocycles. The summed E-state index contributed by atoms with van der Waals surface area (Å²) in [6.07, 6.45) is 0. The number of rotatable bonds is 5. The fourth-order valence-corrected chi connectivity index (χ4v) is 1.56. The van der Waals surface area contributed by atoms with Gasteiger partial charge in [-0.15, -0.1) is 0 Å². The molecule has 1 atom stereocenters. The number of carbonyl (C=O) groups is 2. The normalized spacial score (nSPS) is 12.0. The predicted octanol–water partition coefficient (Wildman–Crippen LogP) is 1.24. The molecule has 1 aromatic rings. The molecular weight excluding hydrogens is 250 g/mol. The molecule has 1 amide bonds. The molecule has 0 radical (unpaired) electrons. The van der Waals surface area contributed by atoms with Crippen LogP contribution in [0.15, 0.2) is 18.2 Å². The van der Waals surface area contributed by atoms with Crippen molar-refractivity contribution in [3.63, 3.8) is 0 Å². The first-order chi connectivity index (χ1) is 8.86. The van der Waals surface area contributed by atoms with E-state index in [2.05, 4.69) is 5.32 Å². The number of amides is 1. The Bertz CT molecular complexity index is 484. The van der Waals surface area contributed by atoms with Gasteiger partial charge in [0.05, 0.1) is 12.7 Å². The van der Waals surface area contributed by atoms with Gasteiger partial charge in [0.25, 0.3) is 5.91 Å². The predicted molar refractivity (Wildman–Crippen MR) is 68.4 cm³/mol.